The summed E-state index contributed by atoms with van der Waals surface area (Å²) in [7, 11) is 3.07. The fraction of sp³-hybridized carbons (Fsp3) is 0.389. The molecule has 0 aliphatic carbocycles. The maximum absolute atomic E-state index is 13.2. The first-order valence-corrected chi connectivity index (χ1v) is 8.35. The first-order valence-electron chi connectivity index (χ1n) is 8.35. The van der Waals surface area contributed by atoms with E-state index in [1.165, 1.54) is 28.6 Å². The number of aryl methyl sites for hydroxylation is 3. The number of aromatic nitrogens is 4. The van der Waals surface area contributed by atoms with E-state index in [4.69, 9.17) is 0 Å². The van der Waals surface area contributed by atoms with E-state index in [0.29, 0.717) is 18.1 Å². The molecule has 0 saturated carbocycles. The van der Waals surface area contributed by atoms with Gasteiger partial charge in [0.15, 0.2) is 16.8 Å². The van der Waals surface area contributed by atoms with Crippen LogP contribution in [0.5, 0.6) is 0 Å². The Kier molecular flexibility index (Phi) is 4.49. The van der Waals surface area contributed by atoms with E-state index in [0.717, 1.165) is 10.6 Å². The molecule has 0 aliphatic rings. The van der Waals surface area contributed by atoms with Crippen LogP contribution in [0.1, 0.15) is 23.6 Å². The van der Waals surface area contributed by atoms with Crippen LogP contribution in [0.15, 0.2) is 34.1 Å². The topological polar surface area (TPSA) is 82.0 Å². The maximum atomic E-state index is 13.2. The molecular formula is C18H19F3N4O3. The van der Waals surface area contributed by atoms with Crippen molar-refractivity contribution in [2.75, 3.05) is 0 Å². The lowest BCUT2D eigenvalue weighted by molar-refractivity contribution is -0.258. The first kappa shape index (κ1) is 19.9. The zero-order valence-electron chi connectivity index (χ0n) is 15.7. The van der Waals surface area contributed by atoms with Crippen molar-refractivity contribution >= 4 is 11.2 Å². The van der Waals surface area contributed by atoms with Crippen LogP contribution < -0.4 is 11.2 Å². The molecule has 7 nitrogen and oxygen atoms in total. The maximum Gasteiger partial charge on any atom is 0.421 e. The van der Waals surface area contributed by atoms with Crippen molar-refractivity contribution in [1.29, 1.82) is 0 Å². The number of benzene rings is 1. The van der Waals surface area contributed by atoms with E-state index in [9.17, 15) is 27.9 Å². The minimum atomic E-state index is -4.88. The molecule has 150 valence electrons. The molecule has 3 aromatic rings. The molecule has 2 aromatic heterocycles. The second-order valence-corrected chi connectivity index (χ2v) is 7.04. The molecule has 10 heteroatoms. The molecule has 0 fully saturated rings. The summed E-state index contributed by atoms with van der Waals surface area (Å²) in [5, 5.41) is 9.97. The van der Waals surface area contributed by atoms with Gasteiger partial charge in [-0.3, -0.25) is 13.9 Å². The third-order valence-electron chi connectivity index (χ3n) is 4.79. The Labute approximate surface area is 157 Å². The Balaban J connectivity index is 2.17. The molecule has 1 N–H and O–H groups in total. The van der Waals surface area contributed by atoms with E-state index in [1.54, 1.807) is 20.0 Å². The fourth-order valence-electron chi connectivity index (χ4n) is 3.12. The number of halogens is 3. The van der Waals surface area contributed by atoms with Crippen LogP contribution in [0, 0.1) is 6.92 Å². The summed E-state index contributed by atoms with van der Waals surface area (Å²) < 4.78 is 43.2. The number of nitrogens with zero attached hydrogens (tertiary/aromatic N) is 4. The van der Waals surface area contributed by atoms with Gasteiger partial charge in [0.05, 0.1) is 12.9 Å². The first-order chi connectivity index (χ1) is 12.8. The molecule has 1 unspecified atom stereocenters. The van der Waals surface area contributed by atoms with Gasteiger partial charge in [0.25, 0.3) is 5.56 Å². The zero-order valence-corrected chi connectivity index (χ0v) is 15.7. The lowest BCUT2D eigenvalue weighted by Crippen LogP contribution is -2.40. The van der Waals surface area contributed by atoms with Gasteiger partial charge in [-0.2, -0.15) is 13.2 Å². The van der Waals surface area contributed by atoms with Gasteiger partial charge in [0.1, 0.15) is 0 Å². The Morgan fingerprint density at radius 1 is 1.14 bits per heavy atom. The minimum Gasteiger partial charge on any atom is -0.376 e. The van der Waals surface area contributed by atoms with E-state index in [2.05, 4.69) is 4.98 Å². The number of aliphatic hydroxyl groups is 1. The highest BCUT2D eigenvalue weighted by atomic mass is 19.4. The van der Waals surface area contributed by atoms with Crippen LogP contribution in [-0.4, -0.2) is 30.0 Å². The van der Waals surface area contributed by atoms with Gasteiger partial charge in [-0.15, -0.1) is 0 Å². The number of fused-ring (bicyclic) bond motifs is 1. The van der Waals surface area contributed by atoms with Crippen LogP contribution in [0.4, 0.5) is 13.2 Å². The summed E-state index contributed by atoms with van der Waals surface area (Å²) in [6, 6.07) is 3.94. The average molecular weight is 396 g/mol. The van der Waals surface area contributed by atoms with Gasteiger partial charge in [0.2, 0.25) is 0 Å². The van der Waals surface area contributed by atoms with Crippen molar-refractivity contribution in [1.82, 2.24) is 18.7 Å². The Hall–Kier alpha value is -2.88. The second-order valence-electron chi connectivity index (χ2n) is 7.04. The van der Waals surface area contributed by atoms with Gasteiger partial charge in [0, 0.05) is 14.1 Å². The van der Waals surface area contributed by atoms with Crippen LogP contribution in [0.3, 0.4) is 0 Å². The summed E-state index contributed by atoms with van der Waals surface area (Å²) in [6.45, 7) is 2.00. The molecule has 0 aliphatic heterocycles. The molecule has 1 aromatic carbocycles. The van der Waals surface area contributed by atoms with Crippen molar-refractivity contribution in [2.45, 2.75) is 32.2 Å². The Morgan fingerprint density at radius 2 is 1.79 bits per heavy atom. The highest BCUT2D eigenvalue weighted by Gasteiger charge is 2.51. The van der Waals surface area contributed by atoms with Crippen molar-refractivity contribution in [3.8, 4) is 0 Å². The van der Waals surface area contributed by atoms with Gasteiger partial charge in [-0.25, -0.2) is 9.78 Å². The number of rotatable bonds is 3. The summed E-state index contributed by atoms with van der Waals surface area (Å²) in [4.78, 5) is 29.4. The Bertz CT molecular complexity index is 1190. The van der Waals surface area contributed by atoms with Crippen molar-refractivity contribution in [2.24, 2.45) is 14.1 Å². The normalized spacial score (nSPS) is 14.4. The van der Waals surface area contributed by atoms with Crippen LogP contribution >= 0.6 is 0 Å². The van der Waals surface area contributed by atoms with Gasteiger partial charge < -0.3 is 9.67 Å². The van der Waals surface area contributed by atoms with Gasteiger partial charge >= 0.3 is 11.9 Å². The smallest absolute Gasteiger partial charge is 0.376 e. The predicted octanol–water partition coefficient (Wildman–Crippen LogP) is 1.56. The SMILES string of the molecule is Cc1cc(Cn2c(=O)c3c(ncn3C)n(C)c2=O)cc(C(C)(O)C(F)(F)F)c1. The van der Waals surface area contributed by atoms with Crippen molar-refractivity contribution in [3.63, 3.8) is 0 Å². The monoisotopic (exact) mass is 396 g/mol. The quantitative estimate of drug-likeness (QED) is 0.729. The van der Waals surface area contributed by atoms with E-state index in [-0.39, 0.29) is 23.3 Å². The van der Waals surface area contributed by atoms with Crippen molar-refractivity contribution < 1.29 is 18.3 Å². The third-order valence-corrected chi connectivity index (χ3v) is 4.79. The van der Waals surface area contributed by atoms with E-state index in [1.807, 2.05) is 0 Å². The lowest BCUT2D eigenvalue weighted by atomic mass is 9.92. The van der Waals surface area contributed by atoms with E-state index >= 15 is 0 Å². The van der Waals surface area contributed by atoms with Crippen molar-refractivity contribution in [3.05, 3.63) is 62.1 Å². The summed E-state index contributed by atoms with van der Waals surface area (Å²) in [5.74, 6) is 0. The minimum absolute atomic E-state index is 0.206. The molecule has 0 bridgehead atoms. The largest absolute Gasteiger partial charge is 0.421 e. The van der Waals surface area contributed by atoms with Gasteiger partial charge in [-0.05, 0) is 25.0 Å². The molecule has 1 atom stereocenters. The predicted molar refractivity (Wildman–Crippen MR) is 96.1 cm³/mol. The molecule has 0 saturated heterocycles. The average Bonchev–Trinajstić information content (AvgIpc) is 2.97. The second kappa shape index (κ2) is 6.33. The van der Waals surface area contributed by atoms with E-state index < -0.39 is 23.0 Å². The molecule has 0 amide bonds. The van der Waals surface area contributed by atoms with Crippen LogP contribution in [-0.2, 0) is 26.2 Å². The number of hydrogen-bond donors (Lipinski definition) is 1. The lowest BCUT2D eigenvalue weighted by Gasteiger charge is -2.27. The molecule has 0 radical (unpaired) electrons. The highest BCUT2D eigenvalue weighted by Crippen LogP contribution is 2.39. The third kappa shape index (κ3) is 3.03. The summed E-state index contributed by atoms with van der Waals surface area (Å²) >= 11 is 0. The molecule has 0 spiro atoms. The van der Waals surface area contributed by atoms with Gasteiger partial charge in [-0.1, -0.05) is 23.8 Å². The Morgan fingerprint density at radius 3 is 2.39 bits per heavy atom. The fourth-order valence-corrected chi connectivity index (χ4v) is 3.12. The highest BCUT2D eigenvalue weighted by molar-refractivity contribution is 5.69. The van der Waals surface area contributed by atoms with Crippen LogP contribution in [0.2, 0.25) is 0 Å². The number of imidazole rings is 1. The van der Waals surface area contributed by atoms with Crippen LogP contribution in [0.25, 0.3) is 11.2 Å². The number of alkyl halides is 3. The summed E-state index contributed by atoms with van der Waals surface area (Å²) in [5.41, 5.74) is -3.47. The molecule has 3 rings (SSSR count). The molecule has 28 heavy (non-hydrogen) atoms. The zero-order chi connectivity index (χ0) is 21.0. The summed E-state index contributed by atoms with van der Waals surface area (Å²) in [6.07, 6.45) is -3.47. The molecule has 2 heterocycles. The number of hydrogen-bond acceptors (Lipinski definition) is 4. The standard InChI is InChI=1S/C18H19F3N4O3/c1-10-5-11(7-12(6-10)17(2,28)18(19,20)21)8-25-15(26)13-14(22-9-23(13)3)24(4)16(25)27/h5-7,9,28H,8H2,1-4H3. The molecular weight excluding hydrogens is 377 g/mol.